The molecule has 4 aromatic carbocycles. The third kappa shape index (κ3) is 21.6. The second-order valence-electron chi connectivity index (χ2n) is 19.2. The van der Waals surface area contributed by atoms with Crippen molar-refractivity contribution in [2.75, 3.05) is 65.2 Å². The molecule has 21 nitrogen and oxygen atoms in total. The standard InChI is InChI=1S/C58H77N9O12P2/c1-5-76-52(68)39-48(35-44-21-13-9-14-22-44)62-80(73,63-49(40-53(69)77-6-2)36-45-23-15-10-16-24-45)33-31-66(29-30-67-42-61-54-55(67)59-41-60-56(54)70)43-75-32-34-81(74,64-50(57(71)78-7-3)37-46-25-17-11-18-26-46)65-51(58(72)79-8-4)38-47-27-19-12-20-28-47/h9-28,41-42,48-51H,5-8,29-40,43H2,1-4H3,(H,59,60,70)(H2,62,63,73)(H2,64,65,74)/t48-,49-,50-,51-/m0/s1. The third-order valence-corrected chi connectivity index (χ3v) is 17.6. The first-order valence-corrected chi connectivity index (χ1v) is 31.3. The Bertz CT molecular complexity index is 2890. The summed E-state index contributed by atoms with van der Waals surface area (Å²) in [7, 11) is -7.88. The van der Waals surface area contributed by atoms with Crippen molar-refractivity contribution >= 4 is 49.9 Å². The molecule has 4 atom stereocenters. The summed E-state index contributed by atoms with van der Waals surface area (Å²) >= 11 is 0. The topological polar surface area (TPSA) is 263 Å². The summed E-state index contributed by atoms with van der Waals surface area (Å²) in [6.45, 7) is 7.50. The zero-order valence-corrected chi connectivity index (χ0v) is 48.4. The second kappa shape index (κ2) is 33.3. The number of rotatable bonds is 37. The minimum absolute atomic E-state index is 0.0653. The van der Waals surface area contributed by atoms with Crippen molar-refractivity contribution in [2.45, 2.75) is 96.9 Å². The van der Waals surface area contributed by atoms with Crippen molar-refractivity contribution in [1.82, 2.24) is 44.8 Å². The van der Waals surface area contributed by atoms with E-state index < -0.39 is 68.5 Å². The van der Waals surface area contributed by atoms with Crippen LogP contribution < -0.4 is 25.9 Å². The fraction of sp³-hybridized carbons (Fsp3) is 0.431. The van der Waals surface area contributed by atoms with Gasteiger partial charge in [0.05, 0.1) is 71.4 Å². The van der Waals surface area contributed by atoms with Crippen LogP contribution >= 0.6 is 14.9 Å². The van der Waals surface area contributed by atoms with Crippen LogP contribution in [0.1, 0.15) is 62.8 Å². The number of aromatic nitrogens is 4. The summed E-state index contributed by atoms with van der Waals surface area (Å²) in [5, 5.41) is 12.9. The number of carbonyl (C=O) groups is 4. The summed E-state index contributed by atoms with van der Waals surface area (Å²) in [5.74, 6) is -2.24. The number of benzene rings is 4. The number of imidazole rings is 1. The van der Waals surface area contributed by atoms with Crippen LogP contribution in [0.25, 0.3) is 11.2 Å². The van der Waals surface area contributed by atoms with Crippen LogP contribution in [0, 0.1) is 0 Å². The molecule has 0 saturated heterocycles. The molecular formula is C58H77N9O12P2. The van der Waals surface area contributed by atoms with Crippen LogP contribution in [-0.4, -0.2) is 138 Å². The molecule has 23 heteroatoms. The molecule has 0 fully saturated rings. The van der Waals surface area contributed by atoms with E-state index in [1.807, 2.05) is 126 Å². The number of nitrogens with zero attached hydrogens (tertiary/aromatic N) is 4. The fourth-order valence-electron chi connectivity index (χ4n) is 9.16. The highest BCUT2D eigenvalue weighted by Gasteiger charge is 2.36. The van der Waals surface area contributed by atoms with E-state index in [2.05, 4.69) is 35.3 Å². The zero-order valence-electron chi connectivity index (χ0n) is 46.6. The first-order valence-electron chi connectivity index (χ1n) is 27.5. The molecule has 0 unspecified atom stereocenters. The van der Waals surface area contributed by atoms with Crippen LogP contribution in [0.2, 0.25) is 0 Å². The Kier molecular flexibility index (Phi) is 26.1. The Morgan fingerprint density at radius 1 is 0.568 bits per heavy atom. The number of H-pyrrole nitrogens is 1. The quantitative estimate of drug-likeness (QED) is 0.00902. The van der Waals surface area contributed by atoms with Crippen molar-refractivity contribution in [3.63, 3.8) is 0 Å². The number of nitrogens with one attached hydrogen (secondary N) is 5. The minimum Gasteiger partial charge on any atom is -0.466 e. The normalized spacial score (nSPS) is 13.3. The van der Waals surface area contributed by atoms with E-state index in [1.54, 1.807) is 32.3 Å². The molecule has 6 aromatic rings. The number of hydrogen-bond acceptors (Lipinski definition) is 15. The van der Waals surface area contributed by atoms with Crippen LogP contribution in [0.15, 0.2) is 139 Å². The average Bonchev–Trinajstić information content (AvgIpc) is 3.98. The van der Waals surface area contributed by atoms with Gasteiger partial charge in [-0.1, -0.05) is 121 Å². The lowest BCUT2D eigenvalue weighted by Gasteiger charge is -2.32. The van der Waals surface area contributed by atoms with Gasteiger partial charge in [0.1, 0.15) is 12.1 Å². The molecule has 0 amide bonds. The van der Waals surface area contributed by atoms with Crippen LogP contribution in [0.4, 0.5) is 0 Å². The zero-order chi connectivity index (χ0) is 57.9. The number of aromatic amines is 1. The number of fused-ring (bicyclic) bond motifs is 1. The average molecular weight is 1150 g/mol. The summed E-state index contributed by atoms with van der Waals surface area (Å²) in [4.78, 5) is 79.6. The van der Waals surface area contributed by atoms with Crippen LogP contribution in [0.5, 0.6) is 0 Å². The summed E-state index contributed by atoms with van der Waals surface area (Å²) in [5.41, 5.74) is 3.40. The summed E-state index contributed by atoms with van der Waals surface area (Å²) in [6.07, 6.45) is 3.14. The lowest BCUT2D eigenvalue weighted by Crippen LogP contribution is -2.46. The molecular weight excluding hydrogens is 1080 g/mol. The molecule has 0 aliphatic heterocycles. The SMILES string of the molecule is CCOC(=O)C[C@H](Cc1ccccc1)NP(=O)(CCN(CCn1cnc2c(=O)[nH]cnc21)COCCP(=O)(N[C@@H](Cc1ccccc1)C(=O)OCC)N[C@@H](Cc1ccccc1)C(=O)OCC)N[C@H](CC(=O)OCC)Cc1ccccc1. The number of ether oxygens (including phenoxy) is 5. The molecule has 5 N–H and O–H groups in total. The van der Waals surface area contributed by atoms with Crippen molar-refractivity contribution in [3.05, 3.63) is 167 Å². The van der Waals surface area contributed by atoms with Crippen molar-refractivity contribution in [2.24, 2.45) is 0 Å². The third-order valence-electron chi connectivity index (χ3n) is 12.9. The lowest BCUT2D eigenvalue weighted by molar-refractivity contribution is -0.145. The predicted molar refractivity (Wildman–Crippen MR) is 310 cm³/mol. The van der Waals surface area contributed by atoms with Crippen LogP contribution in [0.3, 0.4) is 0 Å². The molecule has 6 rings (SSSR count). The van der Waals surface area contributed by atoms with Crippen molar-refractivity contribution < 1.29 is 52.0 Å². The Morgan fingerprint density at radius 3 is 1.44 bits per heavy atom. The second-order valence-corrected chi connectivity index (χ2v) is 24.1. The maximum absolute atomic E-state index is 16.0. The van der Waals surface area contributed by atoms with Crippen molar-refractivity contribution in [3.8, 4) is 0 Å². The van der Waals surface area contributed by atoms with E-state index in [1.165, 1.54) is 12.7 Å². The van der Waals surface area contributed by atoms with Crippen molar-refractivity contribution in [1.29, 1.82) is 0 Å². The molecule has 81 heavy (non-hydrogen) atoms. The van der Waals surface area contributed by atoms with E-state index in [4.69, 9.17) is 23.7 Å². The molecule has 2 aromatic heterocycles. The molecule has 2 heterocycles. The van der Waals surface area contributed by atoms with E-state index in [-0.39, 0.29) is 103 Å². The Balaban J connectivity index is 1.33. The number of carbonyl (C=O) groups excluding carboxylic acids is 4. The molecule has 0 bridgehead atoms. The van der Waals surface area contributed by atoms with Gasteiger partial charge in [0.25, 0.3) is 5.56 Å². The van der Waals surface area contributed by atoms with Gasteiger partial charge in [-0.3, -0.25) is 48.2 Å². The van der Waals surface area contributed by atoms with Gasteiger partial charge in [-0.05, 0) is 75.6 Å². The molecule has 0 saturated carbocycles. The largest absolute Gasteiger partial charge is 0.466 e. The van der Waals surface area contributed by atoms with E-state index in [9.17, 15) is 24.0 Å². The summed E-state index contributed by atoms with van der Waals surface area (Å²) < 4.78 is 61.5. The first-order chi connectivity index (χ1) is 39.2. The maximum Gasteiger partial charge on any atom is 0.323 e. The predicted octanol–water partition coefficient (Wildman–Crippen LogP) is 6.62. The van der Waals surface area contributed by atoms with E-state index >= 15 is 9.13 Å². The molecule has 0 aliphatic carbocycles. The Hall–Kier alpha value is -6.67. The molecule has 0 spiro atoms. The Labute approximate surface area is 473 Å². The number of esters is 4. The molecule has 0 aliphatic rings. The van der Waals surface area contributed by atoms with Gasteiger partial charge in [0, 0.05) is 37.9 Å². The monoisotopic (exact) mass is 1150 g/mol. The van der Waals surface area contributed by atoms with E-state index in [0.717, 1.165) is 22.3 Å². The minimum atomic E-state index is -4.01. The highest BCUT2D eigenvalue weighted by molar-refractivity contribution is 7.60. The lowest BCUT2D eigenvalue weighted by atomic mass is 10.0. The van der Waals surface area contributed by atoms with E-state index in [0.29, 0.717) is 18.5 Å². The van der Waals surface area contributed by atoms with Gasteiger partial charge in [-0.25, -0.2) is 20.1 Å². The van der Waals surface area contributed by atoms with Gasteiger partial charge >= 0.3 is 23.9 Å². The summed E-state index contributed by atoms with van der Waals surface area (Å²) in [6, 6.07) is 33.8. The highest BCUT2D eigenvalue weighted by atomic mass is 31.2. The fourth-order valence-corrected chi connectivity index (χ4v) is 13.7. The van der Waals surface area contributed by atoms with Gasteiger partial charge in [-0.2, -0.15) is 0 Å². The van der Waals surface area contributed by atoms with Gasteiger partial charge in [0.2, 0.25) is 14.9 Å². The highest BCUT2D eigenvalue weighted by Crippen LogP contribution is 2.40. The molecule has 436 valence electrons. The number of hydrogen-bond donors (Lipinski definition) is 5. The first kappa shape index (κ1) is 63.5. The van der Waals surface area contributed by atoms with Gasteiger partial charge in [0.15, 0.2) is 11.2 Å². The van der Waals surface area contributed by atoms with Crippen LogP contribution in [-0.2, 0) is 84.2 Å². The van der Waals surface area contributed by atoms with Gasteiger partial charge < -0.3 is 33.2 Å². The molecule has 0 radical (unpaired) electrons. The Morgan fingerprint density at radius 2 is 1.00 bits per heavy atom. The maximum atomic E-state index is 16.0. The van der Waals surface area contributed by atoms with Gasteiger partial charge in [-0.15, -0.1) is 0 Å². The smallest absolute Gasteiger partial charge is 0.323 e.